The average molecular weight is 353 g/mol. The van der Waals surface area contributed by atoms with Gasteiger partial charge in [0.2, 0.25) is 5.43 Å². The molecule has 0 fully saturated rings. The van der Waals surface area contributed by atoms with Gasteiger partial charge >= 0.3 is 0 Å². The minimum atomic E-state index is -0.114. The summed E-state index contributed by atoms with van der Waals surface area (Å²) in [6.45, 7) is 6.34. The highest BCUT2D eigenvalue weighted by Crippen LogP contribution is 2.29. The molecule has 1 aromatic heterocycles. The highest BCUT2D eigenvalue weighted by molar-refractivity contribution is 5.85. The third kappa shape index (κ3) is 3.30. The Morgan fingerprint density at radius 3 is 2.38 bits per heavy atom. The Balaban J connectivity index is 2.12. The van der Waals surface area contributed by atoms with Gasteiger partial charge in [-0.1, -0.05) is 26.0 Å². The second kappa shape index (κ2) is 7.62. The molecule has 136 valence electrons. The van der Waals surface area contributed by atoms with Gasteiger partial charge in [-0.05, 0) is 42.9 Å². The third-order valence-corrected chi connectivity index (χ3v) is 4.70. The van der Waals surface area contributed by atoms with E-state index < -0.39 is 0 Å². The van der Waals surface area contributed by atoms with Crippen LogP contribution < -0.4 is 10.2 Å². The molecule has 1 N–H and O–H groups in total. The molecule has 0 aliphatic carbocycles. The van der Waals surface area contributed by atoms with Gasteiger partial charge in [0.1, 0.15) is 23.3 Å². The molecule has 0 unspecified atom stereocenters. The lowest BCUT2D eigenvalue weighted by molar-refractivity contribution is 0.290. The molecule has 1 heterocycles. The van der Waals surface area contributed by atoms with Crippen LogP contribution in [0, 0.1) is 0 Å². The number of rotatable bonds is 6. The number of aromatic hydroxyl groups is 1. The first-order valence-electron chi connectivity index (χ1n) is 8.72. The van der Waals surface area contributed by atoms with E-state index in [2.05, 4.69) is 18.7 Å². The van der Waals surface area contributed by atoms with E-state index in [-0.39, 0.29) is 11.2 Å². The van der Waals surface area contributed by atoms with Crippen molar-refractivity contribution in [3.63, 3.8) is 0 Å². The molecule has 0 spiro atoms. The predicted molar refractivity (Wildman–Crippen MR) is 103 cm³/mol. The number of nitrogens with zero attached hydrogens (tertiary/aromatic N) is 1. The SMILES string of the molecule is CCN(CC)Cc1c(O)ccc2c(=O)c(-c3ccc(OC)cc3)coc12. The molecule has 0 saturated heterocycles. The largest absolute Gasteiger partial charge is 0.507 e. The summed E-state index contributed by atoms with van der Waals surface area (Å²) in [5.74, 6) is 0.870. The van der Waals surface area contributed by atoms with E-state index in [1.54, 1.807) is 19.2 Å². The summed E-state index contributed by atoms with van der Waals surface area (Å²) in [5, 5.41) is 10.8. The van der Waals surface area contributed by atoms with Crippen molar-refractivity contribution in [2.24, 2.45) is 0 Å². The van der Waals surface area contributed by atoms with E-state index in [1.807, 2.05) is 24.3 Å². The van der Waals surface area contributed by atoms with Crippen molar-refractivity contribution in [3.05, 3.63) is 58.4 Å². The Hall–Kier alpha value is -2.79. The van der Waals surface area contributed by atoms with Gasteiger partial charge < -0.3 is 14.3 Å². The second-order valence-electron chi connectivity index (χ2n) is 6.11. The van der Waals surface area contributed by atoms with Crippen LogP contribution in [-0.4, -0.2) is 30.2 Å². The van der Waals surface area contributed by atoms with Crippen LogP contribution in [0.15, 0.2) is 51.9 Å². The second-order valence-corrected chi connectivity index (χ2v) is 6.11. The lowest BCUT2D eigenvalue weighted by atomic mass is 10.0. The van der Waals surface area contributed by atoms with Crippen molar-refractivity contribution in [1.29, 1.82) is 0 Å². The van der Waals surface area contributed by atoms with Crippen LogP contribution in [0.2, 0.25) is 0 Å². The van der Waals surface area contributed by atoms with E-state index >= 15 is 0 Å². The van der Waals surface area contributed by atoms with Crippen molar-refractivity contribution >= 4 is 11.0 Å². The third-order valence-electron chi connectivity index (χ3n) is 4.70. The Morgan fingerprint density at radius 2 is 1.77 bits per heavy atom. The molecule has 3 aromatic rings. The first kappa shape index (κ1) is 18.0. The Bertz CT molecular complexity index is 956. The van der Waals surface area contributed by atoms with Gasteiger partial charge in [-0.15, -0.1) is 0 Å². The first-order valence-corrected chi connectivity index (χ1v) is 8.72. The maximum Gasteiger partial charge on any atom is 0.200 e. The zero-order valence-corrected chi connectivity index (χ0v) is 15.3. The molecule has 0 aliphatic heterocycles. The zero-order chi connectivity index (χ0) is 18.7. The molecular formula is C21H23NO4. The number of phenols is 1. The summed E-state index contributed by atoms with van der Waals surface area (Å²) < 4.78 is 11.0. The molecular weight excluding hydrogens is 330 g/mol. The summed E-state index contributed by atoms with van der Waals surface area (Å²) in [6, 6.07) is 10.5. The monoisotopic (exact) mass is 353 g/mol. The van der Waals surface area contributed by atoms with Crippen LogP contribution in [0.25, 0.3) is 22.1 Å². The van der Waals surface area contributed by atoms with Crippen LogP contribution in [0.4, 0.5) is 0 Å². The van der Waals surface area contributed by atoms with Crippen molar-refractivity contribution in [2.45, 2.75) is 20.4 Å². The number of fused-ring (bicyclic) bond motifs is 1. The molecule has 0 bridgehead atoms. The van der Waals surface area contributed by atoms with Gasteiger partial charge in [-0.25, -0.2) is 0 Å². The van der Waals surface area contributed by atoms with Gasteiger partial charge in [0.05, 0.1) is 23.6 Å². The molecule has 5 nitrogen and oxygen atoms in total. The summed E-state index contributed by atoms with van der Waals surface area (Å²) in [6.07, 6.45) is 1.47. The maximum absolute atomic E-state index is 13.0. The molecule has 0 aliphatic rings. The predicted octanol–water partition coefficient (Wildman–Crippen LogP) is 4.02. The standard InChI is InChI=1S/C21H23NO4/c1-4-22(5-2)12-17-19(23)11-10-16-20(24)18(13-26-21(16)17)14-6-8-15(25-3)9-7-14/h6-11,13,23H,4-5,12H2,1-3H3. The lowest BCUT2D eigenvalue weighted by Gasteiger charge is -2.19. The van der Waals surface area contributed by atoms with Crippen LogP contribution in [0.1, 0.15) is 19.4 Å². The lowest BCUT2D eigenvalue weighted by Crippen LogP contribution is -2.22. The van der Waals surface area contributed by atoms with Gasteiger partial charge in [0, 0.05) is 6.54 Å². The topological polar surface area (TPSA) is 62.9 Å². The number of hydrogen-bond donors (Lipinski definition) is 1. The smallest absolute Gasteiger partial charge is 0.200 e. The normalized spacial score (nSPS) is 11.2. The van der Waals surface area contributed by atoms with Crippen LogP contribution in [0.5, 0.6) is 11.5 Å². The molecule has 2 aromatic carbocycles. The number of methoxy groups -OCH3 is 1. The molecule has 0 atom stereocenters. The molecule has 0 amide bonds. The molecule has 5 heteroatoms. The van der Waals surface area contributed by atoms with Crippen molar-refractivity contribution < 1.29 is 14.3 Å². The number of hydrogen-bond acceptors (Lipinski definition) is 5. The van der Waals surface area contributed by atoms with E-state index in [0.29, 0.717) is 28.6 Å². The van der Waals surface area contributed by atoms with E-state index in [1.165, 1.54) is 6.26 Å². The van der Waals surface area contributed by atoms with Crippen molar-refractivity contribution in [1.82, 2.24) is 4.90 Å². The van der Waals surface area contributed by atoms with Crippen LogP contribution in [-0.2, 0) is 6.54 Å². The van der Waals surface area contributed by atoms with Crippen LogP contribution in [0.3, 0.4) is 0 Å². The summed E-state index contributed by atoms with van der Waals surface area (Å²) in [4.78, 5) is 15.1. The minimum Gasteiger partial charge on any atom is -0.507 e. The zero-order valence-electron chi connectivity index (χ0n) is 15.3. The molecule has 0 radical (unpaired) electrons. The first-order chi connectivity index (χ1) is 12.6. The fourth-order valence-corrected chi connectivity index (χ4v) is 3.04. The van der Waals surface area contributed by atoms with Gasteiger partial charge in [-0.2, -0.15) is 0 Å². The Labute approximate surface area is 152 Å². The molecule has 0 saturated carbocycles. The van der Waals surface area contributed by atoms with E-state index in [9.17, 15) is 9.90 Å². The summed E-state index contributed by atoms with van der Waals surface area (Å²) >= 11 is 0. The molecule has 3 rings (SSSR count). The summed E-state index contributed by atoms with van der Waals surface area (Å²) in [5.41, 5.74) is 2.22. The number of ether oxygens (including phenoxy) is 1. The number of phenolic OH excluding ortho intramolecular Hbond substituents is 1. The van der Waals surface area contributed by atoms with Gasteiger partial charge in [0.25, 0.3) is 0 Å². The Kier molecular flexibility index (Phi) is 5.28. The summed E-state index contributed by atoms with van der Waals surface area (Å²) in [7, 11) is 1.60. The van der Waals surface area contributed by atoms with E-state index in [0.717, 1.165) is 24.4 Å². The fourth-order valence-electron chi connectivity index (χ4n) is 3.04. The van der Waals surface area contributed by atoms with Crippen molar-refractivity contribution in [3.8, 4) is 22.6 Å². The van der Waals surface area contributed by atoms with Gasteiger partial charge in [0.15, 0.2) is 0 Å². The van der Waals surface area contributed by atoms with Crippen molar-refractivity contribution in [2.75, 3.05) is 20.2 Å². The highest BCUT2D eigenvalue weighted by Gasteiger charge is 2.16. The quantitative estimate of drug-likeness (QED) is 0.725. The maximum atomic E-state index is 13.0. The van der Waals surface area contributed by atoms with Crippen LogP contribution >= 0.6 is 0 Å². The van der Waals surface area contributed by atoms with Gasteiger partial charge in [-0.3, -0.25) is 9.69 Å². The Morgan fingerprint density at radius 1 is 1.08 bits per heavy atom. The minimum absolute atomic E-state index is 0.114. The average Bonchev–Trinajstić information content (AvgIpc) is 2.68. The number of benzene rings is 2. The fraction of sp³-hybridized carbons (Fsp3) is 0.286. The molecule has 26 heavy (non-hydrogen) atoms. The highest BCUT2D eigenvalue weighted by atomic mass is 16.5. The van der Waals surface area contributed by atoms with E-state index in [4.69, 9.17) is 9.15 Å².